The van der Waals surface area contributed by atoms with Crippen LogP contribution in [0.4, 0.5) is 5.69 Å². The van der Waals surface area contributed by atoms with Gasteiger partial charge in [-0.1, -0.05) is 90.5 Å². The Hall–Kier alpha value is -4.68. The Kier molecular flexibility index (Phi) is 5.61. The number of rotatable bonds is 5. The van der Waals surface area contributed by atoms with E-state index in [1.165, 1.54) is 4.90 Å². The fourth-order valence-corrected chi connectivity index (χ4v) is 6.27. The molecule has 2 amide bonds. The van der Waals surface area contributed by atoms with Gasteiger partial charge in [0, 0.05) is 17.1 Å². The first-order valence-electron chi connectivity index (χ1n) is 13.1. The zero-order valence-corrected chi connectivity index (χ0v) is 22.1. The molecule has 0 saturated heterocycles. The van der Waals surface area contributed by atoms with Gasteiger partial charge in [0.2, 0.25) is 5.76 Å². The first-order chi connectivity index (χ1) is 19.5. The van der Waals surface area contributed by atoms with E-state index in [1.807, 2.05) is 72.8 Å². The molecule has 4 aromatic carbocycles. The maximum atomic E-state index is 14.8. The van der Waals surface area contributed by atoms with Gasteiger partial charge < -0.3 is 14.2 Å². The predicted octanol–water partition coefficient (Wildman–Crippen LogP) is 5.94. The van der Waals surface area contributed by atoms with E-state index in [4.69, 9.17) is 16.0 Å². The average molecular weight is 547 g/mol. The molecular weight excluding hydrogens is 524 g/mol. The van der Waals surface area contributed by atoms with Crippen molar-refractivity contribution in [2.45, 2.75) is 18.5 Å². The van der Waals surface area contributed by atoms with E-state index in [9.17, 15) is 14.4 Å². The first-order valence-corrected chi connectivity index (χ1v) is 13.5. The highest BCUT2D eigenvalue weighted by Gasteiger charge is 2.64. The lowest BCUT2D eigenvalue weighted by molar-refractivity contribution is -0.126. The largest absolute Gasteiger partial charge is 0.450 e. The van der Waals surface area contributed by atoms with E-state index in [0.717, 1.165) is 11.1 Å². The number of fused-ring (bicyclic) bond motifs is 5. The number of anilines is 1. The van der Waals surface area contributed by atoms with Gasteiger partial charge in [0.05, 0.1) is 23.2 Å². The van der Waals surface area contributed by atoms with Crippen molar-refractivity contribution in [1.82, 2.24) is 4.90 Å². The molecule has 196 valence electrons. The van der Waals surface area contributed by atoms with Crippen molar-refractivity contribution in [2.24, 2.45) is 0 Å². The van der Waals surface area contributed by atoms with Crippen LogP contribution in [0.15, 0.2) is 112 Å². The minimum absolute atomic E-state index is 0.0726. The summed E-state index contributed by atoms with van der Waals surface area (Å²) in [6.45, 7) is 0.398. The summed E-state index contributed by atoms with van der Waals surface area (Å²) in [4.78, 5) is 46.3. The van der Waals surface area contributed by atoms with Gasteiger partial charge in [-0.25, -0.2) is 0 Å². The van der Waals surface area contributed by atoms with Crippen LogP contribution in [0.1, 0.15) is 32.8 Å². The van der Waals surface area contributed by atoms with Crippen LogP contribution in [-0.4, -0.2) is 23.3 Å². The third-order valence-corrected chi connectivity index (χ3v) is 8.27. The number of hydrogen-bond donors (Lipinski definition) is 0. The van der Waals surface area contributed by atoms with Crippen LogP contribution >= 0.6 is 11.6 Å². The van der Waals surface area contributed by atoms with Crippen LogP contribution in [0.3, 0.4) is 0 Å². The number of halogens is 1. The van der Waals surface area contributed by atoms with E-state index in [2.05, 4.69) is 0 Å². The number of amides is 2. The van der Waals surface area contributed by atoms with Crippen LogP contribution in [-0.2, 0) is 23.3 Å². The van der Waals surface area contributed by atoms with Crippen molar-refractivity contribution in [1.29, 1.82) is 0 Å². The highest BCUT2D eigenvalue weighted by molar-refractivity contribution is 6.31. The maximum absolute atomic E-state index is 14.8. The van der Waals surface area contributed by atoms with Crippen LogP contribution in [0, 0.1) is 0 Å². The van der Waals surface area contributed by atoms with Crippen molar-refractivity contribution in [3.8, 4) is 0 Å². The Morgan fingerprint density at radius 2 is 1.48 bits per heavy atom. The monoisotopic (exact) mass is 546 g/mol. The van der Waals surface area contributed by atoms with E-state index in [-0.39, 0.29) is 35.7 Å². The molecule has 2 aliphatic rings. The highest BCUT2D eigenvalue weighted by atomic mass is 35.5. The summed E-state index contributed by atoms with van der Waals surface area (Å²) >= 11 is 6.50. The summed E-state index contributed by atoms with van der Waals surface area (Å²) in [7, 11) is 0. The lowest BCUT2D eigenvalue weighted by atomic mass is 9.83. The number of hydrogen-bond acceptors (Lipinski definition) is 4. The minimum atomic E-state index is -1.66. The smallest absolute Gasteiger partial charge is 0.291 e. The molecule has 0 radical (unpaired) electrons. The number of carbonyl (C=O) groups excluding carboxylic acids is 2. The van der Waals surface area contributed by atoms with E-state index in [0.29, 0.717) is 33.7 Å². The van der Waals surface area contributed by atoms with Gasteiger partial charge in [-0.15, -0.1) is 0 Å². The average Bonchev–Trinajstić information content (AvgIpc) is 3.38. The lowest BCUT2D eigenvalue weighted by Crippen LogP contribution is -2.53. The van der Waals surface area contributed by atoms with Crippen LogP contribution in [0.2, 0.25) is 5.02 Å². The zero-order chi connectivity index (χ0) is 27.4. The second-order valence-electron chi connectivity index (χ2n) is 10.0. The number of benzene rings is 4. The number of para-hydroxylation sites is 2. The van der Waals surface area contributed by atoms with Crippen molar-refractivity contribution >= 4 is 40.1 Å². The van der Waals surface area contributed by atoms with Crippen LogP contribution in [0.5, 0.6) is 0 Å². The molecule has 40 heavy (non-hydrogen) atoms. The van der Waals surface area contributed by atoms with E-state index >= 15 is 0 Å². The fourth-order valence-electron chi connectivity index (χ4n) is 6.08. The van der Waals surface area contributed by atoms with Crippen LogP contribution < -0.4 is 10.3 Å². The molecule has 0 saturated carbocycles. The highest BCUT2D eigenvalue weighted by Crippen LogP contribution is 2.53. The molecule has 5 aromatic rings. The summed E-state index contributed by atoms with van der Waals surface area (Å²) in [6, 6.07) is 31.3. The van der Waals surface area contributed by atoms with Gasteiger partial charge in [-0.05, 0) is 41.8 Å². The molecular formula is C33H23ClN2O4. The quantitative estimate of drug-likeness (QED) is 0.274. The molecule has 1 atom stereocenters. The molecule has 3 heterocycles. The molecule has 1 spiro atoms. The third-order valence-electron chi connectivity index (χ3n) is 7.90. The van der Waals surface area contributed by atoms with Gasteiger partial charge in [0.15, 0.2) is 11.0 Å². The summed E-state index contributed by atoms with van der Waals surface area (Å²) in [5, 5.41) is 0.858. The normalized spacial score (nSPS) is 17.6. The summed E-state index contributed by atoms with van der Waals surface area (Å²) in [5.74, 6) is -0.938. The van der Waals surface area contributed by atoms with Gasteiger partial charge in [0.1, 0.15) is 5.58 Å². The Bertz CT molecular complexity index is 1880. The zero-order valence-electron chi connectivity index (χ0n) is 21.3. The first kappa shape index (κ1) is 24.4. The molecule has 2 aliphatic heterocycles. The minimum Gasteiger partial charge on any atom is -0.450 e. The molecule has 1 unspecified atom stereocenters. The number of carbonyl (C=O) groups is 2. The van der Waals surface area contributed by atoms with Gasteiger partial charge in [-0.3, -0.25) is 14.4 Å². The fraction of sp³-hybridized carbons (Fsp3) is 0.121. The number of nitrogens with zero attached hydrogens (tertiary/aromatic N) is 2. The van der Waals surface area contributed by atoms with Crippen molar-refractivity contribution in [3.05, 3.63) is 146 Å². The Labute approximate surface area is 235 Å². The standard InChI is InChI=1S/C33H23ClN2O4/c34-25-15-7-4-12-22(25)20-35-26-16-8-6-14-24(26)33(32(35)39)28-29(37)23-13-5-9-17-27(23)40-30(28)31(38)36(33)19-18-21-10-2-1-3-11-21/h1-17H,18-20H2. The SMILES string of the molecule is O=C1c2oc3ccccc3c(=O)c2C2(C(=O)N(Cc3ccccc3Cl)c3ccccc32)N1CCc1ccccc1. The second-order valence-corrected chi connectivity index (χ2v) is 10.4. The molecule has 0 fully saturated rings. The lowest BCUT2D eigenvalue weighted by Gasteiger charge is -2.34. The predicted molar refractivity (Wildman–Crippen MR) is 154 cm³/mol. The van der Waals surface area contributed by atoms with Gasteiger partial charge in [0.25, 0.3) is 11.8 Å². The maximum Gasteiger partial charge on any atom is 0.291 e. The van der Waals surface area contributed by atoms with Gasteiger partial charge in [-0.2, -0.15) is 0 Å². The molecule has 6 nitrogen and oxygen atoms in total. The van der Waals surface area contributed by atoms with Gasteiger partial charge >= 0.3 is 0 Å². The van der Waals surface area contributed by atoms with E-state index < -0.39 is 11.4 Å². The summed E-state index contributed by atoms with van der Waals surface area (Å²) in [5.41, 5.74) is 1.32. The molecule has 7 heteroatoms. The summed E-state index contributed by atoms with van der Waals surface area (Å²) in [6.07, 6.45) is 0.496. The summed E-state index contributed by atoms with van der Waals surface area (Å²) < 4.78 is 6.12. The Balaban J connectivity index is 1.47. The molecule has 1 aromatic heterocycles. The van der Waals surface area contributed by atoms with Crippen molar-refractivity contribution < 1.29 is 14.0 Å². The van der Waals surface area contributed by atoms with E-state index in [1.54, 1.807) is 35.2 Å². The molecule has 0 N–H and O–H groups in total. The second kappa shape index (κ2) is 9.21. The Morgan fingerprint density at radius 1 is 0.775 bits per heavy atom. The molecule has 0 bridgehead atoms. The van der Waals surface area contributed by atoms with Crippen molar-refractivity contribution in [2.75, 3.05) is 11.4 Å². The molecule has 7 rings (SSSR count). The third kappa shape index (κ3) is 3.39. The van der Waals surface area contributed by atoms with Crippen LogP contribution in [0.25, 0.3) is 11.0 Å². The van der Waals surface area contributed by atoms with Crippen molar-refractivity contribution in [3.63, 3.8) is 0 Å². The molecule has 0 aliphatic carbocycles. The Morgan fingerprint density at radius 3 is 2.30 bits per heavy atom. The topological polar surface area (TPSA) is 70.8 Å².